The molecule has 1 aromatic heterocycles. The van der Waals surface area contributed by atoms with Crippen molar-refractivity contribution in [1.29, 1.82) is 0 Å². The van der Waals surface area contributed by atoms with Gasteiger partial charge in [0.1, 0.15) is 0 Å². The molecule has 1 aromatic carbocycles. The SMILES string of the molecule is CCNC(=NCCCc1c[nH]c2ccccc12)N1CCC(CN(CC)CC)C1. The van der Waals surface area contributed by atoms with Gasteiger partial charge in [-0.05, 0) is 56.8 Å². The van der Waals surface area contributed by atoms with Crippen LogP contribution in [0.1, 0.15) is 39.2 Å². The quantitative estimate of drug-likeness (QED) is 0.394. The number of rotatable bonds is 9. The highest BCUT2D eigenvalue weighted by Crippen LogP contribution is 2.20. The van der Waals surface area contributed by atoms with E-state index in [9.17, 15) is 0 Å². The van der Waals surface area contributed by atoms with Crippen molar-refractivity contribution in [2.75, 3.05) is 45.8 Å². The Balaban J connectivity index is 1.51. The second-order valence-electron chi connectivity index (χ2n) is 7.79. The minimum Gasteiger partial charge on any atom is -0.361 e. The van der Waals surface area contributed by atoms with Gasteiger partial charge in [-0.25, -0.2) is 0 Å². The second-order valence-corrected chi connectivity index (χ2v) is 7.79. The Bertz CT molecular complexity index is 746. The van der Waals surface area contributed by atoms with Crippen LogP contribution in [0.2, 0.25) is 0 Å². The van der Waals surface area contributed by atoms with Gasteiger partial charge in [-0.2, -0.15) is 0 Å². The van der Waals surface area contributed by atoms with Crippen LogP contribution in [0.25, 0.3) is 10.9 Å². The smallest absolute Gasteiger partial charge is 0.193 e. The van der Waals surface area contributed by atoms with Crippen LogP contribution in [-0.4, -0.2) is 66.6 Å². The van der Waals surface area contributed by atoms with Crippen molar-refractivity contribution in [3.05, 3.63) is 36.0 Å². The summed E-state index contributed by atoms with van der Waals surface area (Å²) >= 11 is 0. The van der Waals surface area contributed by atoms with Crippen LogP contribution in [0, 0.1) is 5.92 Å². The molecule has 1 atom stereocenters. The van der Waals surface area contributed by atoms with E-state index in [2.05, 4.69) is 71.3 Å². The van der Waals surface area contributed by atoms with Gasteiger partial charge in [-0.15, -0.1) is 0 Å². The summed E-state index contributed by atoms with van der Waals surface area (Å²) < 4.78 is 0. The van der Waals surface area contributed by atoms with Crippen LogP contribution in [-0.2, 0) is 6.42 Å². The molecule has 5 nitrogen and oxygen atoms in total. The number of para-hydroxylation sites is 1. The Hall–Kier alpha value is -2.01. The van der Waals surface area contributed by atoms with Crippen molar-refractivity contribution in [2.24, 2.45) is 10.9 Å². The number of aromatic nitrogens is 1. The van der Waals surface area contributed by atoms with E-state index in [1.807, 2.05) is 0 Å². The normalized spacial score (nSPS) is 17.8. The third-order valence-corrected chi connectivity index (χ3v) is 5.87. The molecule has 1 unspecified atom stereocenters. The van der Waals surface area contributed by atoms with Gasteiger partial charge < -0.3 is 20.1 Å². The van der Waals surface area contributed by atoms with Crippen molar-refractivity contribution in [1.82, 2.24) is 20.1 Å². The zero-order valence-corrected chi connectivity index (χ0v) is 17.9. The number of benzene rings is 1. The molecule has 1 fully saturated rings. The van der Waals surface area contributed by atoms with E-state index in [0.29, 0.717) is 0 Å². The molecule has 2 N–H and O–H groups in total. The molecule has 0 aliphatic carbocycles. The summed E-state index contributed by atoms with van der Waals surface area (Å²) in [5, 5.41) is 4.85. The molecule has 1 aliphatic rings. The number of aryl methyl sites for hydroxylation is 1. The van der Waals surface area contributed by atoms with Crippen molar-refractivity contribution in [3.8, 4) is 0 Å². The number of H-pyrrole nitrogens is 1. The lowest BCUT2D eigenvalue weighted by molar-refractivity contribution is 0.255. The minimum absolute atomic E-state index is 0.759. The maximum absolute atomic E-state index is 4.94. The molecule has 1 aliphatic heterocycles. The molecule has 1 saturated heterocycles. The number of likely N-dealkylation sites (tertiary alicyclic amines) is 1. The second kappa shape index (κ2) is 10.5. The van der Waals surface area contributed by atoms with Gasteiger partial charge in [0, 0.05) is 49.8 Å². The highest BCUT2D eigenvalue weighted by molar-refractivity contribution is 5.83. The van der Waals surface area contributed by atoms with Gasteiger partial charge in [-0.3, -0.25) is 4.99 Å². The molecule has 28 heavy (non-hydrogen) atoms. The lowest BCUT2D eigenvalue weighted by Crippen LogP contribution is -2.41. The average molecular weight is 384 g/mol. The number of hydrogen-bond donors (Lipinski definition) is 2. The first kappa shape index (κ1) is 20.7. The maximum atomic E-state index is 4.94. The fraction of sp³-hybridized carbons (Fsp3) is 0.609. The number of hydrogen-bond acceptors (Lipinski definition) is 2. The molecule has 0 amide bonds. The third kappa shape index (κ3) is 5.28. The zero-order chi connectivity index (χ0) is 19.8. The number of aromatic amines is 1. The third-order valence-electron chi connectivity index (χ3n) is 5.87. The molecule has 0 bridgehead atoms. The van der Waals surface area contributed by atoms with Gasteiger partial charge in [0.15, 0.2) is 5.96 Å². The largest absolute Gasteiger partial charge is 0.361 e. The van der Waals surface area contributed by atoms with Gasteiger partial charge in [0.2, 0.25) is 0 Å². The molecular formula is C23H37N5. The minimum atomic E-state index is 0.759. The van der Waals surface area contributed by atoms with Gasteiger partial charge in [-0.1, -0.05) is 32.0 Å². The Morgan fingerprint density at radius 2 is 2.07 bits per heavy atom. The van der Waals surface area contributed by atoms with Crippen LogP contribution in [0.15, 0.2) is 35.5 Å². The number of nitrogens with one attached hydrogen (secondary N) is 2. The monoisotopic (exact) mass is 383 g/mol. The van der Waals surface area contributed by atoms with E-state index in [-0.39, 0.29) is 0 Å². The molecule has 2 aromatic rings. The average Bonchev–Trinajstić information content (AvgIpc) is 3.35. The Morgan fingerprint density at radius 1 is 1.25 bits per heavy atom. The first-order valence-electron chi connectivity index (χ1n) is 11.1. The molecule has 0 radical (unpaired) electrons. The van der Waals surface area contributed by atoms with E-state index in [1.54, 1.807) is 0 Å². The topological polar surface area (TPSA) is 46.7 Å². The molecule has 154 valence electrons. The number of fused-ring (bicyclic) bond motifs is 1. The highest BCUT2D eigenvalue weighted by atomic mass is 15.3. The standard InChI is InChI=1S/C23H37N5/c1-4-24-23(28-15-13-19(18-28)17-27(5-2)6-3)25-14-9-10-20-16-26-22-12-8-7-11-21(20)22/h7-8,11-12,16,19,26H,4-6,9-10,13-15,17-18H2,1-3H3,(H,24,25). The van der Waals surface area contributed by atoms with E-state index in [4.69, 9.17) is 4.99 Å². The summed E-state index contributed by atoms with van der Waals surface area (Å²) in [4.78, 5) is 13.3. The lowest BCUT2D eigenvalue weighted by Gasteiger charge is -2.24. The summed E-state index contributed by atoms with van der Waals surface area (Å²) in [6.07, 6.45) is 5.57. The number of guanidine groups is 1. The first-order valence-corrected chi connectivity index (χ1v) is 11.1. The molecule has 3 rings (SSSR count). The molecule has 2 heterocycles. The number of nitrogens with zero attached hydrogens (tertiary/aromatic N) is 3. The van der Waals surface area contributed by atoms with Gasteiger partial charge in [0.05, 0.1) is 0 Å². The predicted molar refractivity (Wildman–Crippen MR) is 120 cm³/mol. The summed E-state index contributed by atoms with van der Waals surface area (Å²) in [5.41, 5.74) is 2.63. The lowest BCUT2D eigenvalue weighted by atomic mass is 10.1. The van der Waals surface area contributed by atoms with Crippen LogP contribution in [0.3, 0.4) is 0 Å². The molecular weight excluding hydrogens is 346 g/mol. The molecule has 0 saturated carbocycles. The number of aliphatic imine (C=N–C) groups is 1. The zero-order valence-electron chi connectivity index (χ0n) is 17.9. The first-order chi connectivity index (χ1) is 13.7. The summed E-state index contributed by atoms with van der Waals surface area (Å²) in [5.74, 6) is 1.86. The van der Waals surface area contributed by atoms with Gasteiger partial charge >= 0.3 is 0 Å². The van der Waals surface area contributed by atoms with E-state index >= 15 is 0 Å². The fourth-order valence-electron chi connectivity index (χ4n) is 4.24. The maximum Gasteiger partial charge on any atom is 0.193 e. The summed E-state index contributed by atoms with van der Waals surface area (Å²) in [6, 6.07) is 8.54. The molecule has 5 heteroatoms. The van der Waals surface area contributed by atoms with Crippen LogP contribution in [0.4, 0.5) is 0 Å². The van der Waals surface area contributed by atoms with E-state index < -0.39 is 0 Å². The van der Waals surface area contributed by atoms with E-state index in [1.165, 1.54) is 29.4 Å². The van der Waals surface area contributed by atoms with Crippen LogP contribution >= 0.6 is 0 Å². The summed E-state index contributed by atoms with van der Waals surface area (Å²) in [7, 11) is 0. The van der Waals surface area contributed by atoms with Crippen LogP contribution < -0.4 is 5.32 Å². The van der Waals surface area contributed by atoms with Crippen LogP contribution in [0.5, 0.6) is 0 Å². The highest BCUT2D eigenvalue weighted by Gasteiger charge is 2.25. The molecule has 0 spiro atoms. The van der Waals surface area contributed by atoms with Crippen molar-refractivity contribution in [3.63, 3.8) is 0 Å². The Morgan fingerprint density at radius 3 is 2.86 bits per heavy atom. The van der Waals surface area contributed by atoms with Crippen molar-refractivity contribution >= 4 is 16.9 Å². The predicted octanol–water partition coefficient (Wildman–Crippen LogP) is 3.73. The summed E-state index contributed by atoms with van der Waals surface area (Å²) in [6.45, 7) is 14.2. The Kier molecular flexibility index (Phi) is 7.78. The fourth-order valence-corrected chi connectivity index (χ4v) is 4.24. The Labute approximate surface area is 170 Å². The van der Waals surface area contributed by atoms with Gasteiger partial charge in [0.25, 0.3) is 0 Å². The van der Waals surface area contributed by atoms with Crippen molar-refractivity contribution in [2.45, 2.75) is 40.0 Å². The van der Waals surface area contributed by atoms with E-state index in [0.717, 1.165) is 64.0 Å². The van der Waals surface area contributed by atoms with Crippen molar-refractivity contribution < 1.29 is 0 Å².